The van der Waals surface area contributed by atoms with Gasteiger partial charge in [0.05, 0.1) is 0 Å². The normalized spacial score (nSPS) is 22.3. The Bertz CT molecular complexity index is 1030. The van der Waals surface area contributed by atoms with Crippen molar-refractivity contribution in [2.75, 3.05) is 4.90 Å². The minimum atomic E-state index is -0.485. The first-order valence-electron chi connectivity index (χ1n) is 10.7. The number of anilines is 1. The number of Topliss-reactive ketones (excluding diaryl/α,β-unsaturated/α-hetero) is 1. The fourth-order valence-corrected chi connectivity index (χ4v) is 5.01. The number of carbonyl (C=O) groups excluding carboxylic acids is 3. The Balaban J connectivity index is 1.46. The van der Waals surface area contributed by atoms with Gasteiger partial charge in [0, 0.05) is 41.0 Å². The topological polar surface area (TPSA) is 105 Å². The van der Waals surface area contributed by atoms with Gasteiger partial charge in [-0.05, 0) is 81.8 Å². The summed E-state index contributed by atoms with van der Waals surface area (Å²) in [6, 6.07) is 7.92. The van der Waals surface area contributed by atoms with Crippen LogP contribution in [0.4, 0.5) is 5.82 Å². The number of pyridine rings is 1. The lowest BCUT2D eigenvalue weighted by molar-refractivity contribution is 0.0923. The smallest absolute Gasteiger partial charge is 0.251 e. The number of amides is 2. The number of nitrogens with two attached hydrogens (primary N) is 1. The van der Waals surface area contributed by atoms with E-state index in [0.717, 1.165) is 37.1 Å². The van der Waals surface area contributed by atoms with Gasteiger partial charge in [-0.3, -0.25) is 14.4 Å². The summed E-state index contributed by atoms with van der Waals surface area (Å²) in [5, 5.41) is 3.20. The van der Waals surface area contributed by atoms with Crippen molar-refractivity contribution < 1.29 is 14.4 Å². The van der Waals surface area contributed by atoms with E-state index in [1.54, 1.807) is 32.2 Å². The Morgan fingerprint density at radius 3 is 2.19 bits per heavy atom. The average molecular weight is 421 g/mol. The van der Waals surface area contributed by atoms with Gasteiger partial charge in [0.15, 0.2) is 5.78 Å². The van der Waals surface area contributed by atoms with Gasteiger partial charge in [-0.1, -0.05) is 0 Å². The SMILES string of the molecule is CC(=O)c1ccc(N2C3CCC2CC(NC(=O)c2cc(C)c(C(N)=O)cc2C)C3)nc1. The summed E-state index contributed by atoms with van der Waals surface area (Å²) in [4.78, 5) is 42.9. The first-order chi connectivity index (χ1) is 14.7. The molecule has 2 fully saturated rings. The molecular formula is C24H28N4O3. The highest BCUT2D eigenvalue weighted by molar-refractivity contribution is 5.99. The summed E-state index contributed by atoms with van der Waals surface area (Å²) in [6.07, 6.45) is 5.49. The van der Waals surface area contributed by atoms with Crippen LogP contribution in [0.25, 0.3) is 0 Å². The summed E-state index contributed by atoms with van der Waals surface area (Å²) >= 11 is 0. The first kappa shape index (κ1) is 21.0. The van der Waals surface area contributed by atoms with Gasteiger partial charge >= 0.3 is 0 Å². The van der Waals surface area contributed by atoms with Crippen molar-refractivity contribution in [3.8, 4) is 0 Å². The molecule has 2 amide bonds. The minimum absolute atomic E-state index is 0.0119. The number of piperidine rings is 1. The Labute approximate surface area is 182 Å². The number of aryl methyl sites for hydroxylation is 2. The second-order valence-corrected chi connectivity index (χ2v) is 8.74. The third kappa shape index (κ3) is 4.04. The number of primary amides is 1. The molecule has 0 spiro atoms. The molecule has 2 unspecified atom stereocenters. The molecular weight excluding hydrogens is 392 g/mol. The quantitative estimate of drug-likeness (QED) is 0.724. The van der Waals surface area contributed by atoms with Crippen LogP contribution in [0.3, 0.4) is 0 Å². The second-order valence-electron chi connectivity index (χ2n) is 8.74. The Morgan fingerprint density at radius 2 is 1.65 bits per heavy atom. The van der Waals surface area contributed by atoms with E-state index in [1.165, 1.54) is 0 Å². The number of fused-ring (bicyclic) bond motifs is 2. The number of nitrogens with one attached hydrogen (secondary N) is 1. The predicted octanol–water partition coefficient (Wildman–Crippen LogP) is 2.93. The van der Waals surface area contributed by atoms with E-state index in [-0.39, 0.29) is 17.7 Å². The number of rotatable bonds is 5. The number of ketones is 1. The molecule has 0 aliphatic carbocycles. The van der Waals surface area contributed by atoms with E-state index >= 15 is 0 Å². The van der Waals surface area contributed by atoms with Crippen molar-refractivity contribution in [3.05, 3.63) is 58.3 Å². The Morgan fingerprint density at radius 1 is 1.03 bits per heavy atom. The molecule has 7 heteroatoms. The predicted molar refractivity (Wildman–Crippen MR) is 118 cm³/mol. The largest absolute Gasteiger partial charge is 0.366 e. The van der Waals surface area contributed by atoms with Crippen molar-refractivity contribution in [3.63, 3.8) is 0 Å². The fraction of sp³-hybridized carbons (Fsp3) is 0.417. The fourth-order valence-electron chi connectivity index (χ4n) is 5.01. The molecule has 2 saturated heterocycles. The van der Waals surface area contributed by atoms with Crippen molar-refractivity contribution in [2.24, 2.45) is 5.73 Å². The molecule has 3 heterocycles. The minimum Gasteiger partial charge on any atom is -0.366 e. The summed E-state index contributed by atoms with van der Waals surface area (Å²) in [7, 11) is 0. The van der Waals surface area contributed by atoms with Crippen LogP contribution in [-0.2, 0) is 0 Å². The molecule has 7 nitrogen and oxygen atoms in total. The molecule has 2 aromatic rings. The van der Waals surface area contributed by atoms with Crippen LogP contribution in [0.15, 0.2) is 30.5 Å². The van der Waals surface area contributed by atoms with Gasteiger partial charge in [0.2, 0.25) is 5.91 Å². The van der Waals surface area contributed by atoms with Crippen LogP contribution in [0.2, 0.25) is 0 Å². The Hall–Kier alpha value is -3.22. The molecule has 31 heavy (non-hydrogen) atoms. The first-order valence-corrected chi connectivity index (χ1v) is 10.7. The number of carbonyl (C=O) groups is 3. The van der Waals surface area contributed by atoms with Crippen LogP contribution in [0, 0.1) is 13.8 Å². The number of nitrogens with zero attached hydrogens (tertiary/aromatic N) is 2. The lowest BCUT2D eigenvalue weighted by atomic mass is 9.95. The molecule has 2 bridgehead atoms. The molecule has 1 aromatic carbocycles. The third-order valence-electron chi connectivity index (χ3n) is 6.57. The van der Waals surface area contributed by atoms with E-state index < -0.39 is 5.91 Å². The highest BCUT2D eigenvalue weighted by Crippen LogP contribution is 2.38. The highest BCUT2D eigenvalue weighted by atomic mass is 16.2. The summed E-state index contributed by atoms with van der Waals surface area (Å²) in [5.74, 6) is 0.313. The summed E-state index contributed by atoms with van der Waals surface area (Å²) < 4.78 is 0. The van der Waals surface area contributed by atoms with Crippen LogP contribution < -0.4 is 16.0 Å². The van der Waals surface area contributed by atoms with Crippen LogP contribution in [0.1, 0.15) is 74.8 Å². The van der Waals surface area contributed by atoms with Crippen molar-refractivity contribution in [1.82, 2.24) is 10.3 Å². The van der Waals surface area contributed by atoms with Gasteiger partial charge in [0.25, 0.3) is 5.91 Å². The molecule has 162 valence electrons. The summed E-state index contributed by atoms with van der Waals surface area (Å²) in [6.45, 7) is 5.15. The molecule has 4 rings (SSSR count). The van der Waals surface area contributed by atoms with E-state index in [0.29, 0.717) is 34.3 Å². The molecule has 0 saturated carbocycles. The maximum atomic E-state index is 13.0. The van der Waals surface area contributed by atoms with Crippen molar-refractivity contribution in [1.29, 1.82) is 0 Å². The number of aromatic nitrogens is 1. The molecule has 2 aliphatic heterocycles. The molecule has 2 aliphatic rings. The maximum Gasteiger partial charge on any atom is 0.251 e. The molecule has 1 aromatic heterocycles. The van der Waals surface area contributed by atoms with Crippen LogP contribution >= 0.6 is 0 Å². The zero-order chi connectivity index (χ0) is 22.3. The highest BCUT2D eigenvalue weighted by Gasteiger charge is 2.41. The van der Waals surface area contributed by atoms with Crippen molar-refractivity contribution >= 4 is 23.4 Å². The third-order valence-corrected chi connectivity index (χ3v) is 6.57. The summed E-state index contributed by atoms with van der Waals surface area (Å²) in [5.41, 5.74) is 8.51. The van der Waals surface area contributed by atoms with Crippen LogP contribution in [0.5, 0.6) is 0 Å². The zero-order valence-electron chi connectivity index (χ0n) is 18.1. The number of hydrogen-bond acceptors (Lipinski definition) is 5. The average Bonchev–Trinajstić information content (AvgIpc) is 2.99. The van der Waals surface area contributed by atoms with Gasteiger partial charge in [-0.25, -0.2) is 4.98 Å². The van der Waals surface area contributed by atoms with E-state index in [1.807, 2.05) is 19.1 Å². The maximum absolute atomic E-state index is 13.0. The Kier molecular flexibility index (Phi) is 5.52. The molecule has 0 radical (unpaired) electrons. The standard InChI is InChI=1S/C24H28N4O3/c1-13-9-21(14(2)8-20(13)23(25)30)24(31)27-17-10-18-5-6-19(11-17)28(18)22-7-4-16(12-26-22)15(3)29/h4,7-9,12,17-19H,5-6,10-11H2,1-3H3,(H2,25,30)(H,27,31). The van der Waals surface area contributed by atoms with Gasteiger partial charge in [0.1, 0.15) is 5.82 Å². The van der Waals surface area contributed by atoms with E-state index in [2.05, 4.69) is 15.2 Å². The second kappa shape index (κ2) is 8.13. The van der Waals surface area contributed by atoms with Crippen LogP contribution in [-0.4, -0.2) is 40.7 Å². The monoisotopic (exact) mass is 420 g/mol. The van der Waals surface area contributed by atoms with Gasteiger partial charge < -0.3 is 16.0 Å². The number of hydrogen-bond donors (Lipinski definition) is 2. The van der Waals surface area contributed by atoms with Gasteiger partial charge in [-0.15, -0.1) is 0 Å². The van der Waals surface area contributed by atoms with E-state index in [9.17, 15) is 14.4 Å². The number of benzene rings is 1. The lowest BCUT2D eigenvalue weighted by Crippen LogP contribution is -2.50. The van der Waals surface area contributed by atoms with Gasteiger partial charge in [-0.2, -0.15) is 0 Å². The van der Waals surface area contributed by atoms with E-state index in [4.69, 9.17) is 5.73 Å². The van der Waals surface area contributed by atoms with Crippen molar-refractivity contribution in [2.45, 2.75) is 64.6 Å². The molecule has 2 atom stereocenters. The lowest BCUT2D eigenvalue weighted by Gasteiger charge is -2.40. The molecule has 3 N–H and O–H groups in total. The zero-order valence-corrected chi connectivity index (χ0v) is 18.1.